The molecule has 0 N–H and O–H groups in total. The summed E-state index contributed by atoms with van der Waals surface area (Å²) in [7, 11) is 1.85. The molecule has 1 saturated heterocycles. The number of para-hydroxylation sites is 1. The summed E-state index contributed by atoms with van der Waals surface area (Å²) in [6, 6.07) is 6.75. The van der Waals surface area contributed by atoms with E-state index in [0.717, 1.165) is 5.16 Å². The van der Waals surface area contributed by atoms with Crippen molar-refractivity contribution in [3.8, 4) is 0 Å². The van der Waals surface area contributed by atoms with Gasteiger partial charge in [-0.3, -0.25) is 4.79 Å². The highest BCUT2D eigenvalue weighted by Gasteiger charge is 2.22. The average molecular weight is 335 g/mol. The smallest absolute Gasteiger partial charge is 0.233 e. The van der Waals surface area contributed by atoms with E-state index < -0.39 is 0 Å². The van der Waals surface area contributed by atoms with Crippen LogP contribution in [-0.2, 0) is 11.8 Å². The number of carbonyl (C=O) groups is 1. The van der Waals surface area contributed by atoms with Gasteiger partial charge in [-0.2, -0.15) is 0 Å². The second kappa shape index (κ2) is 6.99. The maximum absolute atomic E-state index is 13.8. The predicted octanol–water partition coefficient (Wildman–Crippen LogP) is 1.40. The Kier molecular flexibility index (Phi) is 4.80. The molecule has 0 bridgehead atoms. The number of nitrogens with zero attached hydrogens (tertiary/aromatic N) is 5. The summed E-state index contributed by atoms with van der Waals surface area (Å²) in [6.07, 6.45) is 1.61. The zero-order chi connectivity index (χ0) is 16.2. The zero-order valence-corrected chi connectivity index (χ0v) is 13.7. The van der Waals surface area contributed by atoms with Crippen molar-refractivity contribution < 1.29 is 9.18 Å². The lowest BCUT2D eigenvalue weighted by Gasteiger charge is -2.36. The number of piperazine rings is 1. The first kappa shape index (κ1) is 15.8. The van der Waals surface area contributed by atoms with Gasteiger partial charge >= 0.3 is 0 Å². The molecule has 1 amide bonds. The monoisotopic (exact) mass is 335 g/mol. The SMILES string of the molecule is Cn1cnnc1SCC(=O)N1CCN(c2ccccc2F)CC1. The molecule has 1 aliphatic rings. The third kappa shape index (κ3) is 3.64. The fraction of sp³-hybridized carbons (Fsp3) is 0.400. The van der Waals surface area contributed by atoms with Crippen LogP contribution in [0, 0.1) is 5.82 Å². The number of carbonyl (C=O) groups excluding carboxylic acids is 1. The van der Waals surface area contributed by atoms with E-state index in [2.05, 4.69) is 10.2 Å². The molecule has 0 radical (unpaired) electrons. The van der Waals surface area contributed by atoms with Crippen LogP contribution >= 0.6 is 11.8 Å². The average Bonchev–Trinajstić information content (AvgIpc) is 2.98. The molecule has 0 atom stereocenters. The van der Waals surface area contributed by atoms with Gasteiger partial charge in [-0.05, 0) is 12.1 Å². The molecule has 122 valence electrons. The molecule has 3 rings (SSSR count). The molecule has 2 aromatic rings. The number of amides is 1. The minimum atomic E-state index is -0.217. The van der Waals surface area contributed by atoms with Crippen LogP contribution in [0.1, 0.15) is 0 Å². The van der Waals surface area contributed by atoms with Crippen LogP contribution in [0.5, 0.6) is 0 Å². The normalized spacial score (nSPS) is 15.0. The number of thioether (sulfide) groups is 1. The number of hydrogen-bond donors (Lipinski definition) is 0. The third-order valence-electron chi connectivity index (χ3n) is 3.82. The molecule has 1 fully saturated rings. The van der Waals surface area contributed by atoms with E-state index in [9.17, 15) is 9.18 Å². The van der Waals surface area contributed by atoms with E-state index in [1.54, 1.807) is 23.0 Å². The Balaban J connectivity index is 1.51. The van der Waals surface area contributed by atoms with Gasteiger partial charge in [0.2, 0.25) is 5.91 Å². The maximum Gasteiger partial charge on any atom is 0.233 e. The molecular weight excluding hydrogens is 317 g/mol. The number of hydrogen-bond acceptors (Lipinski definition) is 5. The van der Waals surface area contributed by atoms with Gasteiger partial charge < -0.3 is 14.4 Å². The highest BCUT2D eigenvalue weighted by Crippen LogP contribution is 2.21. The van der Waals surface area contributed by atoms with Crippen molar-refractivity contribution in [2.24, 2.45) is 7.05 Å². The summed E-state index contributed by atoms with van der Waals surface area (Å²) in [5.74, 6) is 0.197. The van der Waals surface area contributed by atoms with E-state index in [1.165, 1.54) is 17.8 Å². The van der Waals surface area contributed by atoms with Gasteiger partial charge in [0.25, 0.3) is 0 Å². The molecule has 2 heterocycles. The first-order chi connectivity index (χ1) is 11.1. The van der Waals surface area contributed by atoms with E-state index in [1.807, 2.05) is 22.9 Å². The molecule has 0 spiro atoms. The molecule has 1 aliphatic heterocycles. The number of rotatable bonds is 4. The Bertz CT molecular complexity index is 684. The zero-order valence-electron chi connectivity index (χ0n) is 12.9. The summed E-state index contributed by atoms with van der Waals surface area (Å²) in [5.41, 5.74) is 0.605. The molecule has 0 saturated carbocycles. The summed E-state index contributed by atoms with van der Waals surface area (Å²) in [6.45, 7) is 2.49. The van der Waals surface area contributed by atoms with Crippen molar-refractivity contribution in [2.75, 3.05) is 36.8 Å². The van der Waals surface area contributed by atoms with E-state index in [0.29, 0.717) is 37.6 Å². The quantitative estimate of drug-likeness (QED) is 0.791. The summed E-state index contributed by atoms with van der Waals surface area (Å²) < 4.78 is 15.6. The number of aryl methyl sites for hydroxylation is 1. The molecule has 0 unspecified atom stereocenters. The van der Waals surface area contributed by atoms with Crippen LogP contribution in [-0.4, -0.2) is 57.5 Å². The van der Waals surface area contributed by atoms with Crippen LogP contribution in [0.25, 0.3) is 0 Å². The summed E-state index contributed by atoms with van der Waals surface area (Å²) >= 11 is 1.38. The van der Waals surface area contributed by atoms with Crippen LogP contribution in [0.2, 0.25) is 0 Å². The highest BCUT2D eigenvalue weighted by atomic mass is 32.2. The van der Waals surface area contributed by atoms with Crippen molar-refractivity contribution in [3.05, 3.63) is 36.4 Å². The Morgan fingerprint density at radius 3 is 2.65 bits per heavy atom. The Labute approximate surface area is 138 Å². The predicted molar refractivity (Wildman–Crippen MR) is 86.9 cm³/mol. The van der Waals surface area contributed by atoms with E-state index in [4.69, 9.17) is 0 Å². The molecule has 6 nitrogen and oxygen atoms in total. The Morgan fingerprint density at radius 1 is 1.26 bits per heavy atom. The first-order valence-electron chi connectivity index (χ1n) is 7.39. The van der Waals surface area contributed by atoms with Crippen molar-refractivity contribution >= 4 is 23.4 Å². The lowest BCUT2D eigenvalue weighted by atomic mass is 10.2. The van der Waals surface area contributed by atoms with Crippen molar-refractivity contribution in [3.63, 3.8) is 0 Å². The Hall–Kier alpha value is -2.09. The molecule has 0 aliphatic carbocycles. The molecular formula is C15H18FN5OS. The minimum Gasteiger partial charge on any atom is -0.366 e. The standard InChI is InChI=1S/C15H18FN5OS/c1-19-11-17-18-15(19)23-10-14(22)21-8-6-20(7-9-21)13-5-3-2-4-12(13)16/h2-5,11H,6-10H2,1H3. The lowest BCUT2D eigenvalue weighted by molar-refractivity contribution is -0.128. The van der Waals surface area contributed by atoms with Crippen LogP contribution in [0.3, 0.4) is 0 Å². The largest absolute Gasteiger partial charge is 0.366 e. The number of anilines is 1. The third-order valence-corrected chi connectivity index (χ3v) is 4.84. The summed E-state index contributed by atoms with van der Waals surface area (Å²) in [4.78, 5) is 16.1. The number of halogens is 1. The first-order valence-corrected chi connectivity index (χ1v) is 8.38. The van der Waals surface area contributed by atoms with Gasteiger partial charge in [0.1, 0.15) is 12.1 Å². The van der Waals surface area contributed by atoms with Crippen molar-refractivity contribution in [1.29, 1.82) is 0 Å². The maximum atomic E-state index is 13.8. The second-order valence-electron chi connectivity index (χ2n) is 5.33. The van der Waals surface area contributed by atoms with Crippen LogP contribution in [0.15, 0.2) is 35.7 Å². The minimum absolute atomic E-state index is 0.0752. The second-order valence-corrected chi connectivity index (χ2v) is 6.27. The van der Waals surface area contributed by atoms with Gasteiger partial charge in [0, 0.05) is 33.2 Å². The fourth-order valence-corrected chi connectivity index (χ4v) is 3.32. The van der Waals surface area contributed by atoms with Gasteiger partial charge in [0.15, 0.2) is 5.16 Å². The van der Waals surface area contributed by atoms with Crippen LogP contribution < -0.4 is 4.90 Å². The molecule has 1 aromatic heterocycles. The highest BCUT2D eigenvalue weighted by molar-refractivity contribution is 7.99. The van der Waals surface area contributed by atoms with Crippen molar-refractivity contribution in [2.45, 2.75) is 5.16 Å². The van der Waals surface area contributed by atoms with Gasteiger partial charge in [-0.15, -0.1) is 10.2 Å². The molecule has 8 heteroatoms. The topological polar surface area (TPSA) is 54.3 Å². The fourth-order valence-electron chi connectivity index (χ4n) is 2.53. The number of aromatic nitrogens is 3. The van der Waals surface area contributed by atoms with E-state index >= 15 is 0 Å². The van der Waals surface area contributed by atoms with Crippen LogP contribution in [0.4, 0.5) is 10.1 Å². The molecule has 1 aromatic carbocycles. The lowest BCUT2D eigenvalue weighted by Crippen LogP contribution is -2.49. The molecule has 23 heavy (non-hydrogen) atoms. The Morgan fingerprint density at radius 2 is 2.00 bits per heavy atom. The van der Waals surface area contributed by atoms with Gasteiger partial charge in [-0.25, -0.2) is 4.39 Å². The van der Waals surface area contributed by atoms with E-state index in [-0.39, 0.29) is 11.7 Å². The number of benzene rings is 1. The van der Waals surface area contributed by atoms with Gasteiger partial charge in [0.05, 0.1) is 11.4 Å². The van der Waals surface area contributed by atoms with Gasteiger partial charge in [-0.1, -0.05) is 23.9 Å². The van der Waals surface area contributed by atoms with Crippen molar-refractivity contribution in [1.82, 2.24) is 19.7 Å². The summed E-state index contributed by atoms with van der Waals surface area (Å²) in [5, 5.41) is 8.46.